The first-order valence-electron chi connectivity index (χ1n) is 9.33. The van der Waals surface area contributed by atoms with Crippen LogP contribution in [0.5, 0.6) is 11.5 Å². The number of ether oxygens (including phenoxy) is 2. The van der Waals surface area contributed by atoms with Gasteiger partial charge in [0, 0.05) is 17.5 Å². The summed E-state index contributed by atoms with van der Waals surface area (Å²) in [5, 5.41) is 9.42. The number of carbonyl (C=O) groups is 1. The van der Waals surface area contributed by atoms with Crippen molar-refractivity contribution in [1.29, 1.82) is 0 Å². The number of hydrazone groups is 1. The Labute approximate surface area is 166 Å². The Bertz CT molecular complexity index is 1180. The van der Waals surface area contributed by atoms with E-state index in [-0.39, 0.29) is 18.0 Å². The van der Waals surface area contributed by atoms with Crippen LogP contribution in [0.3, 0.4) is 0 Å². The fourth-order valence-electron chi connectivity index (χ4n) is 3.14. The third kappa shape index (κ3) is 3.56. The first kappa shape index (κ1) is 18.7. The monoisotopic (exact) mass is 392 g/mol. The molecule has 0 saturated carbocycles. The number of hydrogen-bond donors (Lipinski definition) is 1. The largest absolute Gasteiger partial charge is 0.454 e. The molecular formula is C21H20N4O4. The number of benzene rings is 2. The third-order valence-corrected chi connectivity index (χ3v) is 4.63. The molecule has 3 aromatic rings. The molecule has 4 rings (SSSR count). The van der Waals surface area contributed by atoms with Crippen molar-refractivity contribution in [1.82, 2.24) is 15.2 Å². The maximum atomic E-state index is 12.8. The molecule has 0 saturated heterocycles. The average Bonchev–Trinajstić information content (AvgIpc) is 3.22. The summed E-state index contributed by atoms with van der Waals surface area (Å²) in [6, 6.07) is 12.4. The van der Waals surface area contributed by atoms with Crippen LogP contribution in [0.15, 0.2) is 52.4 Å². The van der Waals surface area contributed by atoms with Gasteiger partial charge in [0.15, 0.2) is 17.2 Å². The zero-order valence-electron chi connectivity index (χ0n) is 16.1. The Morgan fingerprint density at radius 2 is 1.93 bits per heavy atom. The number of amides is 1. The summed E-state index contributed by atoms with van der Waals surface area (Å²) in [4.78, 5) is 25.4. The molecule has 148 valence electrons. The summed E-state index contributed by atoms with van der Waals surface area (Å²) in [5.41, 5.74) is 3.89. The third-order valence-electron chi connectivity index (χ3n) is 4.63. The second-order valence-electron chi connectivity index (χ2n) is 6.63. The van der Waals surface area contributed by atoms with E-state index in [1.807, 2.05) is 19.1 Å². The van der Waals surface area contributed by atoms with Crippen LogP contribution < -0.4 is 20.5 Å². The lowest BCUT2D eigenvalue weighted by Crippen LogP contribution is -2.29. The van der Waals surface area contributed by atoms with E-state index in [4.69, 9.17) is 9.47 Å². The Kier molecular flexibility index (Phi) is 4.99. The Morgan fingerprint density at radius 3 is 2.72 bits per heavy atom. The van der Waals surface area contributed by atoms with Gasteiger partial charge in [0.25, 0.3) is 11.5 Å². The number of nitrogens with one attached hydrogen (secondary N) is 1. The minimum absolute atomic E-state index is 0.163. The second-order valence-corrected chi connectivity index (χ2v) is 6.63. The molecular weight excluding hydrogens is 372 g/mol. The van der Waals surface area contributed by atoms with Gasteiger partial charge in [-0.1, -0.05) is 25.1 Å². The second kappa shape index (κ2) is 7.75. The van der Waals surface area contributed by atoms with E-state index in [2.05, 4.69) is 15.6 Å². The van der Waals surface area contributed by atoms with Gasteiger partial charge in [0.2, 0.25) is 6.79 Å². The number of nitrogens with zero attached hydrogens (tertiary/aromatic N) is 3. The molecule has 2 aromatic carbocycles. The summed E-state index contributed by atoms with van der Waals surface area (Å²) in [6.07, 6.45) is 0.730. The van der Waals surface area contributed by atoms with Crippen molar-refractivity contribution >= 4 is 22.4 Å². The Hall–Kier alpha value is -3.68. The molecule has 0 unspecified atom stereocenters. The van der Waals surface area contributed by atoms with Crippen LogP contribution in [0, 0.1) is 0 Å². The lowest BCUT2D eigenvalue weighted by molar-refractivity contribution is 0.0949. The summed E-state index contributed by atoms with van der Waals surface area (Å²) < 4.78 is 12.0. The van der Waals surface area contributed by atoms with Crippen molar-refractivity contribution in [3.05, 3.63) is 64.1 Å². The molecule has 0 aliphatic carbocycles. The summed E-state index contributed by atoms with van der Waals surface area (Å²) in [7, 11) is 0. The molecule has 8 heteroatoms. The molecule has 1 aliphatic rings. The van der Waals surface area contributed by atoms with Gasteiger partial charge in [-0.05, 0) is 37.6 Å². The highest BCUT2D eigenvalue weighted by Gasteiger charge is 2.17. The Morgan fingerprint density at radius 1 is 1.17 bits per heavy atom. The van der Waals surface area contributed by atoms with Crippen molar-refractivity contribution in [3.63, 3.8) is 0 Å². The number of fused-ring (bicyclic) bond motifs is 2. The molecule has 0 radical (unpaired) electrons. The highest BCUT2D eigenvalue weighted by Crippen LogP contribution is 2.32. The molecule has 0 bridgehead atoms. The first-order chi connectivity index (χ1) is 14.1. The highest BCUT2D eigenvalue weighted by atomic mass is 16.7. The first-order valence-corrected chi connectivity index (χ1v) is 9.33. The predicted octanol–water partition coefficient (Wildman–Crippen LogP) is 2.69. The predicted molar refractivity (Wildman–Crippen MR) is 109 cm³/mol. The molecule has 0 spiro atoms. The van der Waals surface area contributed by atoms with E-state index in [1.54, 1.807) is 37.3 Å². The molecule has 8 nitrogen and oxygen atoms in total. The number of aryl methyl sites for hydroxylation is 1. The minimum Gasteiger partial charge on any atom is -0.454 e. The van der Waals surface area contributed by atoms with E-state index in [9.17, 15) is 9.59 Å². The van der Waals surface area contributed by atoms with Crippen LogP contribution in [0.4, 0.5) is 0 Å². The maximum Gasteiger partial charge on any atom is 0.292 e. The molecule has 1 amide bonds. The van der Waals surface area contributed by atoms with Crippen molar-refractivity contribution in [3.8, 4) is 11.5 Å². The number of hydrogen-bond acceptors (Lipinski definition) is 6. The van der Waals surface area contributed by atoms with Gasteiger partial charge in [-0.25, -0.2) is 10.1 Å². The number of aromatic nitrogens is 2. The van der Waals surface area contributed by atoms with Gasteiger partial charge in [0.1, 0.15) is 0 Å². The average molecular weight is 392 g/mol. The quantitative estimate of drug-likeness (QED) is 0.532. The van der Waals surface area contributed by atoms with Gasteiger partial charge in [-0.15, -0.1) is 0 Å². The molecule has 29 heavy (non-hydrogen) atoms. The Balaban J connectivity index is 1.64. The smallest absolute Gasteiger partial charge is 0.292 e. The molecule has 0 fully saturated rings. The van der Waals surface area contributed by atoms with E-state index >= 15 is 0 Å². The molecule has 1 N–H and O–H groups in total. The van der Waals surface area contributed by atoms with E-state index in [0.29, 0.717) is 34.5 Å². The van der Waals surface area contributed by atoms with Crippen LogP contribution in [-0.2, 0) is 6.54 Å². The summed E-state index contributed by atoms with van der Waals surface area (Å²) >= 11 is 0. The van der Waals surface area contributed by atoms with Crippen LogP contribution in [-0.4, -0.2) is 28.2 Å². The zero-order chi connectivity index (χ0) is 20.4. The van der Waals surface area contributed by atoms with Crippen molar-refractivity contribution in [2.24, 2.45) is 5.10 Å². The van der Waals surface area contributed by atoms with Gasteiger partial charge in [0.05, 0.1) is 11.1 Å². The highest BCUT2D eigenvalue weighted by molar-refractivity contribution is 6.06. The van der Waals surface area contributed by atoms with Gasteiger partial charge < -0.3 is 9.47 Å². The number of rotatable bonds is 5. The van der Waals surface area contributed by atoms with E-state index in [1.165, 1.54) is 4.68 Å². The van der Waals surface area contributed by atoms with Crippen LogP contribution in [0.1, 0.15) is 36.3 Å². The van der Waals surface area contributed by atoms with Crippen molar-refractivity contribution in [2.75, 3.05) is 6.79 Å². The topological polar surface area (TPSA) is 94.8 Å². The van der Waals surface area contributed by atoms with Crippen molar-refractivity contribution in [2.45, 2.75) is 26.8 Å². The van der Waals surface area contributed by atoms with Crippen LogP contribution in [0.2, 0.25) is 0 Å². The lowest BCUT2D eigenvalue weighted by Gasteiger charge is -2.09. The molecule has 0 atom stereocenters. The fourth-order valence-corrected chi connectivity index (χ4v) is 3.14. The maximum absolute atomic E-state index is 12.8. The zero-order valence-corrected chi connectivity index (χ0v) is 16.1. The summed E-state index contributed by atoms with van der Waals surface area (Å²) in [5.74, 6) is 0.841. The van der Waals surface area contributed by atoms with E-state index in [0.717, 1.165) is 12.0 Å². The van der Waals surface area contributed by atoms with Crippen LogP contribution >= 0.6 is 0 Å². The van der Waals surface area contributed by atoms with Crippen molar-refractivity contribution < 1.29 is 14.3 Å². The normalized spacial score (nSPS) is 13.0. The SMILES string of the molecule is CCCn1nc(C(=O)N/N=C(\C)c2ccc3c(c2)OCO3)c2ccccc2c1=O. The molecule has 1 aromatic heterocycles. The van der Waals surface area contributed by atoms with Gasteiger partial charge in [-0.3, -0.25) is 9.59 Å². The standard InChI is InChI=1S/C21H20N4O4/c1-3-10-25-21(27)16-7-5-4-6-15(16)19(24-25)20(26)23-22-13(2)14-8-9-17-18(11-14)29-12-28-17/h4-9,11H,3,10,12H2,1-2H3,(H,23,26)/b22-13+. The lowest BCUT2D eigenvalue weighted by atomic mass is 10.1. The van der Waals surface area contributed by atoms with E-state index < -0.39 is 5.91 Å². The number of carbonyl (C=O) groups excluding carboxylic acids is 1. The van der Waals surface area contributed by atoms with Gasteiger partial charge in [-0.2, -0.15) is 10.2 Å². The molecule has 2 heterocycles. The minimum atomic E-state index is -0.480. The van der Waals surface area contributed by atoms with Crippen LogP contribution in [0.25, 0.3) is 10.8 Å². The fraction of sp³-hybridized carbons (Fsp3) is 0.238. The molecule has 1 aliphatic heterocycles. The van der Waals surface area contributed by atoms with Gasteiger partial charge >= 0.3 is 0 Å². The summed E-state index contributed by atoms with van der Waals surface area (Å²) in [6.45, 7) is 4.35.